The highest BCUT2D eigenvalue weighted by Gasteiger charge is 2.27. The van der Waals surface area contributed by atoms with Crippen molar-refractivity contribution in [3.8, 4) is 11.5 Å². The Kier molecular flexibility index (Phi) is 4.85. The fourth-order valence-corrected chi connectivity index (χ4v) is 2.84. The minimum Gasteiger partial charge on any atom is -0.493 e. The minimum atomic E-state index is -0.525. The number of hydrogen-bond acceptors (Lipinski definition) is 5. The highest BCUT2D eigenvalue weighted by molar-refractivity contribution is 5.68. The lowest BCUT2D eigenvalue weighted by Crippen LogP contribution is -2.36. The lowest BCUT2D eigenvalue weighted by Gasteiger charge is -2.28. The second-order valence-electron chi connectivity index (χ2n) is 7.10. The molecule has 24 heavy (non-hydrogen) atoms. The molecular weight excluding hydrogens is 310 g/mol. The van der Waals surface area contributed by atoms with Crippen LogP contribution in [0.3, 0.4) is 0 Å². The van der Waals surface area contributed by atoms with Gasteiger partial charge in [0.15, 0.2) is 6.29 Å². The largest absolute Gasteiger partial charge is 0.493 e. The SMILES string of the molecule is CC(C)(C)OC(=O)N[C@H]1CCOc2ccc(OC3CCCO3)cc21. The fraction of sp³-hybridized carbons (Fsp3) is 0.611. The zero-order valence-electron chi connectivity index (χ0n) is 14.5. The molecule has 1 N–H and O–H groups in total. The Bertz CT molecular complexity index is 590. The summed E-state index contributed by atoms with van der Waals surface area (Å²) in [5, 5.41) is 2.92. The number of amides is 1. The zero-order chi connectivity index (χ0) is 17.2. The first-order valence-corrected chi connectivity index (χ1v) is 8.45. The number of fused-ring (bicyclic) bond motifs is 1. The summed E-state index contributed by atoms with van der Waals surface area (Å²) in [4.78, 5) is 12.1. The predicted octanol–water partition coefficient (Wildman–Crippen LogP) is 3.55. The van der Waals surface area contributed by atoms with Crippen LogP contribution in [0.25, 0.3) is 0 Å². The molecule has 6 nitrogen and oxygen atoms in total. The standard InChI is InChI=1S/C18H25NO5/c1-18(2,3)24-17(20)19-14-8-10-21-15-7-6-12(11-13(14)15)23-16-5-4-9-22-16/h6-7,11,14,16H,4-5,8-10H2,1-3H3,(H,19,20)/t14-,16?/m0/s1. The molecule has 0 saturated carbocycles. The monoisotopic (exact) mass is 335 g/mol. The molecule has 132 valence electrons. The molecule has 1 saturated heterocycles. The van der Waals surface area contributed by atoms with E-state index in [2.05, 4.69) is 5.32 Å². The van der Waals surface area contributed by atoms with Crippen LogP contribution < -0.4 is 14.8 Å². The van der Waals surface area contributed by atoms with Crippen molar-refractivity contribution in [2.45, 2.75) is 58.0 Å². The molecule has 1 amide bonds. The fourth-order valence-electron chi connectivity index (χ4n) is 2.84. The van der Waals surface area contributed by atoms with E-state index in [9.17, 15) is 4.79 Å². The topological polar surface area (TPSA) is 66.0 Å². The Morgan fingerprint density at radius 1 is 1.25 bits per heavy atom. The highest BCUT2D eigenvalue weighted by Crippen LogP contribution is 2.35. The molecule has 3 rings (SSSR count). The van der Waals surface area contributed by atoms with E-state index in [0.29, 0.717) is 13.0 Å². The summed E-state index contributed by atoms with van der Waals surface area (Å²) in [6, 6.07) is 5.51. The Hall–Kier alpha value is -1.95. The Morgan fingerprint density at radius 2 is 2.08 bits per heavy atom. The van der Waals surface area contributed by atoms with Gasteiger partial charge in [-0.15, -0.1) is 0 Å². The third-order valence-electron chi connectivity index (χ3n) is 3.87. The van der Waals surface area contributed by atoms with Gasteiger partial charge in [0.25, 0.3) is 0 Å². The molecule has 2 aliphatic rings. The molecule has 0 spiro atoms. The van der Waals surface area contributed by atoms with E-state index in [1.807, 2.05) is 39.0 Å². The molecule has 1 aromatic carbocycles. The maximum atomic E-state index is 12.1. The molecule has 6 heteroatoms. The van der Waals surface area contributed by atoms with E-state index < -0.39 is 11.7 Å². The van der Waals surface area contributed by atoms with E-state index in [1.165, 1.54) is 0 Å². The molecule has 0 radical (unpaired) electrons. The van der Waals surface area contributed by atoms with Crippen LogP contribution in [0.1, 0.15) is 51.6 Å². The summed E-state index contributed by atoms with van der Waals surface area (Å²) in [5.74, 6) is 1.49. The molecule has 1 fully saturated rings. The first-order chi connectivity index (χ1) is 11.4. The van der Waals surface area contributed by atoms with Crippen molar-refractivity contribution in [2.75, 3.05) is 13.2 Å². The van der Waals surface area contributed by atoms with Crippen LogP contribution in [-0.4, -0.2) is 31.2 Å². The van der Waals surface area contributed by atoms with Crippen molar-refractivity contribution in [3.05, 3.63) is 23.8 Å². The van der Waals surface area contributed by atoms with Gasteiger partial charge in [-0.1, -0.05) is 0 Å². The number of alkyl carbamates (subject to hydrolysis) is 1. The maximum Gasteiger partial charge on any atom is 0.408 e. The van der Waals surface area contributed by atoms with Crippen molar-refractivity contribution < 1.29 is 23.7 Å². The van der Waals surface area contributed by atoms with Gasteiger partial charge in [-0.05, 0) is 45.4 Å². The Morgan fingerprint density at radius 3 is 2.79 bits per heavy atom. The first-order valence-electron chi connectivity index (χ1n) is 8.45. The Labute approximate surface area is 142 Å². The number of ether oxygens (including phenoxy) is 4. The van der Waals surface area contributed by atoms with Gasteiger partial charge in [0.2, 0.25) is 0 Å². The van der Waals surface area contributed by atoms with Crippen molar-refractivity contribution in [1.82, 2.24) is 5.32 Å². The average Bonchev–Trinajstić information content (AvgIpc) is 2.99. The van der Waals surface area contributed by atoms with Crippen molar-refractivity contribution in [3.63, 3.8) is 0 Å². The molecule has 2 atom stereocenters. The van der Waals surface area contributed by atoms with E-state index in [-0.39, 0.29) is 12.3 Å². The van der Waals surface area contributed by atoms with Gasteiger partial charge in [-0.3, -0.25) is 0 Å². The van der Waals surface area contributed by atoms with E-state index in [4.69, 9.17) is 18.9 Å². The van der Waals surface area contributed by atoms with Gasteiger partial charge in [0.1, 0.15) is 17.1 Å². The summed E-state index contributed by atoms with van der Waals surface area (Å²) < 4.78 is 22.4. The summed E-state index contributed by atoms with van der Waals surface area (Å²) >= 11 is 0. The third kappa shape index (κ3) is 4.32. The molecule has 2 aliphatic heterocycles. The van der Waals surface area contributed by atoms with E-state index in [0.717, 1.165) is 36.5 Å². The maximum absolute atomic E-state index is 12.1. The second-order valence-corrected chi connectivity index (χ2v) is 7.10. The molecule has 1 aromatic rings. The normalized spacial score (nSPS) is 23.1. The van der Waals surface area contributed by atoms with Crippen LogP contribution in [0, 0.1) is 0 Å². The minimum absolute atomic E-state index is 0.156. The molecule has 0 aromatic heterocycles. The lowest BCUT2D eigenvalue weighted by molar-refractivity contribution is -0.0391. The molecule has 0 bridgehead atoms. The van der Waals surface area contributed by atoms with Crippen LogP contribution in [0.15, 0.2) is 18.2 Å². The zero-order valence-corrected chi connectivity index (χ0v) is 14.5. The van der Waals surface area contributed by atoms with Crippen LogP contribution in [0.4, 0.5) is 4.79 Å². The second kappa shape index (κ2) is 6.89. The average molecular weight is 335 g/mol. The van der Waals surface area contributed by atoms with Crippen LogP contribution in [-0.2, 0) is 9.47 Å². The van der Waals surface area contributed by atoms with Crippen LogP contribution in [0.2, 0.25) is 0 Å². The summed E-state index contributed by atoms with van der Waals surface area (Å²) in [6.07, 6.45) is 1.99. The van der Waals surface area contributed by atoms with Gasteiger partial charge in [0.05, 0.1) is 19.3 Å². The number of benzene rings is 1. The molecule has 2 heterocycles. The summed E-state index contributed by atoms with van der Waals surface area (Å²) in [6.45, 7) is 6.83. The number of hydrogen-bond donors (Lipinski definition) is 1. The number of carbonyl (C=O) groups is 1. The predicted molar refractivity (Wildman–Crippen MR) is 88.3 cm³/mol. The summed E-state index contributed by atoms with van der Waals surface area (Å²) in [7, 11) is 0. The van der Waals surface area contributed by atoms with Gasteiger partial charge in [0, 0.05) is 18.4 Å². The summed E-state index contributed by atoms with van der Waals surface area (Å²) in [5.41, 5.74) is 0.380. The van der Waals surface area contributed by atoms with Gasteiger partial charge < -0.3 is 24.3 Å². The first kappa shape index (κ1) is 16.9. The Balaban J connectivity index is 1.71. The number of rotatable bonds is 3. The van der Waals surface area contributed by atoms with E-state index >= 15 is 0 Å². The molecule has 0 aliphatic carbocycles. The third-order valence-corrected chi connectivity index (χ3v) is 3.87. The van der Waals surface area contributed by atoms with Crippen LogP contribution in [0.5, 0.6) is 11.5 Å². The smallest absolute Gasteiger partial charge is 0.408 e. The van der Waals surface area contributed by atoms with Gasteiger partial charge in [-0.25, -0.2) is 4.79 Å². The van der Waals surface area contributed by atoms with Crippen molar-refractivity contribution in [1.29, 1.82) is 0 Å². The van der Waals surface area contributed by atoms with E-state index in [1.54, 1.807) is 0 Å². The van der Waals surface area contributed by atoms with Crippen molar-refractivity contribution in [2.24, 2.45) is 0 Å². The quantitative estimate of drug-likeness (QED) is 0.915. The highest BCUT2D eigenvalue weighted by atomic mass is 16.7. The van der Waals surface area contributed by atoms with Crippen molar-refractivity contribution >= 4 is 6.09 Å². The number of nitrogens with one attached hydrogen (secondary N) is 1. The molecular formula is C18H25NO5. The lowest BCUT2D eigenvalue weighted by atomic mass is 10.0. The van der Waals surface area contributed by atoms with Crippen LogP contribution >= 0.6 is 0 Å². The van der Waals surface area contributed by atoms with Gasteiger partial charge in [-0.2, -0.15) is 0 Å². The number of carbonyl (C=O) groups excluding carboxylic acids is 1. The molecule has 1 unspecified atom stereocenters. The van der Waals surface area contributed by atoms with Gasteiger partial charge >= 0.3 is 6.09 Å².